The van der Waals surface area contributed by atoms with Crippen molar-refractivity contribution in [2.75, 3.05) is 0 Å². The molecule has 0 radical (unpaired) electrons. The van der Waals surface area contributed by atoms with E-state index in [0.717, 1.165) is 0 Å². The minimum atomic E-state index is -0.565. The number of carbonyl (C=O) groups excluding carboxylic acids is 1. The number of thioether (sulfide) groups is 1. The van der Waals surface area contributed by atoms with Crippen molar-refractivity contribution in [3.63, 3.8) is 0 Å². The van der Waals surface area contributed by atoms with Gasteiger partial charge in [0.25, 0.3) is 5.91 Å². The van der Waals surface area contributed by atoms with E-state index < -0.39 is 16.9 Å². The number of halogens is 2. The Hall–Kier alpha value is -1.57. The number of benzene rings is 1. The van der Waals surface area contributed by atoms with Crippen LogP contribution in [0.4, 0.5) is 4.39 Å². The molecular weight excluding hydrogens is 415 g/mol. The van der Waals surface area contributed by atoms with E-state index in [0.29, 0.717) is 5.76 Å². The zero-order chi connectivity index (χ0) is 21.7. The second kappa shape index (κ2) is 7.60. The van der Waals surface area contributed by atoms with Gasteiger partial charge in [0.2, 0.25) is 0 Å². The van der Waals surface area contributed by atoms with Crippen LogP contribution < -0.4 is 0 Å². The molecule has 3 rings (SSSR count). The van der Waals surface area contributed by atoms with Crippen LogP contribution in [0.3, 0.4) is 0 Å². The normalized spacial score (nSPS) is 20.5. The number of hydrogen-bond donors (Lipinski definition) is 0. The van der Waals surface area contributed by atoms with Gasteiger partial charge in [-0.1, -0.05) is 22.8 Å². The monoisotopic (exact) mass is 440 g/mol. The van der Waals surface area contributed by atoms with Gasteiger partial charge in [0.05, 0.1) is 26.3 Å². The lowest BCUT2D eigenvalue weighted by atomic mass is 10.0. The number of hydrogen-bond acceptors (Lipinski definition) is 5. The second-order valence-corrected chi connectivity index (χ2v) is 11.1. The number of rotatable bonds is 4. The number of ether oxygens (including phenoxy) is 1. The molecule has 29 heavy (non-hydrogen) atoms. The summed E-state index contributed by atoms with van der Waals surface area (Å²) in [6.45, 7) is 13.6. The topological polar surface area (TPSA) is 55.6 Å². The van der Waals surface area contributed by atoms with Gasteiger partial charge < -0.3 is 9.26 Å². The van der Waals surface area contributed by atoms with Gasteiger partial charge in [-0.2, -0.15) is 0 Å². The van der Waals surface area contributed by atoms with Crippen molar-refractivity contribution in [1.29, 1.82) is 0 Å². The maximum atomic E-state index is 14.6. The fourth-order valence-corrected chi connectivity index (χ4v) is 5.89. The molecule has 1 aromatic heterocycles. The first kappa shape index (κ1) is 22.1. The summed E-state index contributed by atoms with van der Waals surface area (Å²) < 4.78 is 25.7. The third-order valence-electron chi connectivity index (χ3n) is 4.82. The predicted octanol–water partition coefficient (Wildman–Crippen LogP) is 5.90. The summed E-state index contributed by atoms with van der Waals surface area (Å²) in [4.78, 5) is 15.0. The van der Waals surface area contributed by atoms with Gasteiger partial charge in [-0.25, -0.2) is 4.39 Å². The highest BCUT2D eigenvalue weighted by Crippen LogP contribution is 2.52. The summed E-state index contributed by atoms with van der Waals surface area (Å²) >= 11 is 7.88. The van der Waals surface area contributed by atoms with E-state index in [1.54, 1.807) is 29.7 Å². The summed E-state index contributed by atoms with van der Waals surface area (Å²) in [5.74, 6) is -0.588. The molecule has 5 nitrogen and oxygen atoms in total. The lowest BCUT2D eigenvalue weighted by Gasteiger charge is -2.36. The molecule has 2 aromatic rings. The van der Waals surface area contributed by atoms with Crippen LogP contribution in [0, 0.1) is 12.7 Å². The molecule has 1 aliphatic rings. The van der Waals surface area contributed by atoms with Gasteiger partial charge in [-0.05, 0) is 60.6 Å². The van der Waals surface area contributed by atoms with Gasteiger partial charge in [0.1, 0.15) is 29.1 Å². The van der Waals surface area contributed by atoms with E-state index in [1.807, 2.05) is 27.7 Å². The standard InChI is InChI=1S/C21H26ClFN2O3S/c1-11(2)27-19-20(4,5)29-21(6,7)25(19)18(26)15-12(3)28-24-17(15)16-13(22)9-8-10-14(16)23/h8-11,19H,1-7H3. The van der Waals surface area contributed by atoms with Crippen LogP contribution in [0.1, 0.15) is 57.7 Å². The van der Waals surface area contributed by atoms with Crippen LogP contribution in [0.2, 0.25) is 5.02 Å². The average molecular weight is 441 g/mol. The van der Waals surface area contributed by atoms with Crippen LogP contribution in [0.25, 0.3) is 11.3 Å². The molecule has 0 N–H and O–H groups in total. The lowest BCUT2D eigenvalue weighted by Crippen LogP contribution is -2.51. The molecule has 1 atom stereocenters. The molecule has 0 aliphatic carbocycles. The Kier molecular flexibility index (Phi) is 5.80. The third kappa shape index (κ3) is 3.92. The number of nitrogens with zero attached hydrogens (tertiary/aromatic N) is 2. The number of aryl methyl sites for hydroxylation is 1. The van der Waals surface area contributed by atoms with Gasteiger partial charge in [0.15, 0.2) is 0 Å². The van der Waals surface area contributed by atoms with Crippen molar-refractivity contribution in [1.82, 2.24) is 10.1 Å². The molecule has 0 saturated carbocycles. The van der Waals surface area contributed by atoms with Gasteiger partial charge >= 0.3 is 0 Å². The SMILES string of the molecule is Cc1onc(-c2c(F)cccc2Cl)c1C(=O)N1C(OC(C)C)C(C)(C)SC1(C)C. The van der Waals surface area contributed by atoms with Gasteiger partial charge in [0, 0.05) is 0 Å². The Balaban J connectivity index is 2.14. The molecule has 1 aliphatic heterocycles. The van der Waals surface area contributed by atoms with E-state index in [9.17, 15) is 9.18 Å². The first-order valence-corrected chi connectivity index (χ1v) is 10.7. The maximum Gasteiger partial charge on any atom is 0.262 e. The summed E-state index contributed by atoms with van der Waals surface area (Å²) in [5.41, 5.74) is 0.352. The van der Waals surface area contributed by atoms with E-state index in [1.165, 1.54) is 12.1 Å². The molecule has 1 saturated heterocycles. The fourth-order valence-electron chi connectivity index (χ4n) is 3.81. The van der Waals surface area contributed by atoms with E-state index in [2.05, 4.69) is 19.0 Å². The van der Waals surface area contributed by atoms with E-state index in [-0.39, 0.29) is 38.6 Å². The second-order valence-electron chi connectivity index (χ2n) is 8.42. The van der Waals surface area contributed by atoms with E-state index in [4.69, 9.17) is 20.9 Å². The molecule has 0 bridgehead atoms. The molecule has 1 unspecified atom stereocenters. The Labute approximate surface area is 179 Å². The van der Waals surface area contributed by atoms with Crippen molar-refractivity contribution >= 4 is 29.3 Å². The van der Waals surface area contributed by atoms with Crippen LogP contribution in [0.15, 0.2) is 22.7 Å². The fraction of sp³-hybridized carbons (Fsp3) is 0.524. The summed E-state index contributed by atoms with van der Waals surface area (Å²) in [6, 6.07) is 4.34. The number of carbonyl (C=O) groups is 1. The minimum absolute atomic E-state index is 0.0552. The Morgan fingerprint density at radius 1 is 1.34 bits per heavy atom. The van der Waals surface area contributed by atoms with Crippen molar-refractivity contribution in [3.8, 4) is 11.3 Å². The molecule has 0 spiro atoms. The Morgan fingerprint density at radius 2 is 2.00 bits per heavy atom. The first-order chi connectivity index (χ1) is 13.4. The summed E-state index contributed by atoms with van der Waals surface area (Å²) in [5, 5.41) is 4.14. The lowest BCUT2D eigenvalue weighted by molar-refractivity contribution is -0.0905. The number of amides is 1. The largest absolute Gasteiger partial charge is 0.360 e. The molecule has 8 heteroatoms. The van der Waals surface area contributed by atoms with Crippen molar-refractivity contribution < 1.29 is 18.4 Å². The van der Waals surface area contributed by atoms with Crippen molar-refractivity contribution in [3.05, 3.63) is 40.4 Å². The molecule has 1 fully saturated rings. The van der Waals surface area contributed by atoms with Crippen LogP contribution in [0.5, 0.6) is 0 Å². The quantitative estimate of drug-likeness (QED) is 0.592. The zero-order valence-electron chi connectivity index (χ0n) is 17.7. The van der Waals surface area contributed by atoms with Crippen LogP contribution in [-0.4, -0.2) is 37.9 Å². The zero-order valence-corrected chi connectivity index (χ0v) is 19.2. The van der Waals surface area contributed by atoms with E-state index >= 15 is 0 Å². The minimum Gasteiger partial charge on any atom is -0.360 e. The Bertz CT molecular complexity index is 922. The highest BCUT2D eigenvalue weighted by Gasteiger charge is 2.55. The smallest absolute Gasteiger partial charge is 0.262 e. The highest BCUT2D eigenvalue weighted by atomic mass is 35.5. The first-order valence-electron chi connectivity index (χ1n) is 9.46. The third-order valence-corrected chi connectivity index (χ3v) is 6.56. The predicted molar refractivity (Wildman–Crippen MR) is 114 cm³/mol. The molecule has 158 valence electrons. The Morgan fingerprint density at radius 3 is 2.59 bits per heavy atom. The molecule has 1 amide bonds. The van der Waals surface area contributed by atoms with Crippen molar-refractivity contribution in [2.45, 2.75) is 70.4 Å². The van der Waals surface area contributed by atoms with Crippen molar-refractivity contribution in [2.24, 2.45) is 0 Å². The van der Waals surface area contributed by atoms with Crippen LogP contribution in [-0.2, 0) is 4.74 Å². The van der Waals surface area contributed by atoms with Gasteiger partial charge in [-0.3, -0.25) is 9.69 Å². The summed E-state index contributed by atoms with van der Waals surface area (Å²) in [6.07, 6.45) is -0.554. The van der Waals surface area contributed by atoms with Gasteiger partial charge in [-0.15, -0.1) is 11.8 Å². The molecule has 2 heterocycles. The summed E-state index contributed by atoms with van der Waals surface area (Å²) in [7, 11) is 0. The number of aromatic nitrogens is 1. The molecule has 1 aromatic carbocycles. The average Bonchev–Trinajstić information content (AvgIpc) is 3.01. The van der Waals surface area contributed by atoms with Crippen LogP contribution >= 0.6 is 23.4 Å². The molecular formula is C21H26ClFN2O3S. The highest BCUT2D eigenvalue weighted by molar-refractivity contribution is 8.02. The maximum absolute atomic E-state index is 14.6.